The number of fused-ring (bicyclic) bond motifs is 1. The molecule has 0 bridgehead atoms. The summed E-state index contributed by atoms with van der Waals surface area (Å²) in [5, 5.41) is 0. The van der Waals surface area contributed by atoms with Gasteiger partial charge in [-0.2, -0.15) is 0 Å². The molecule has 2 aliphatic rings. The van der Waals surface area contributed by atoms with E-state index in [0.717, 1.165) is 18.0 Å². The zero-order valence-corrected chi connectivity index (χ0v) is 10.6. The van der Waals surface area contributed by atoms with Crippen LogP contribution in [0.3, 0.4) is 0 Å². The molecule has 3 unspecified atom stereocenters. The number of rotatable bonds is 4. The second kappa shape index (κ2) is 5.67. The molecule has 16 heavy (non-hydrogen) atoms. The molecule has 90 valence electrons. The fraction of sp³-hybridized carbons (Fsp3) is 0.733. The molecule has 0 spiro atoms. The maximum Gasteiger partial charge on any atom is 0.0133 e. The first-order valence-electron chi connectivity index (χ1n) is 6.90. The van der Waals surface area contributed by atoms with Crippen molar-refractivity contribution in [2.45, 2.75) is 57.5 Å². The largest absolute Gasteiger partial charge is 0.297 e. The molecular formula is C15H25N. The molecule has 0 saturated carbocycles. The van der Waals surface area contributed by atoms with Gasteiger partial charge in [-0.05, 0) is 44.6 Å². The van der Waals surface area contributed by atoms with E-state index in [9.17, 15) is 0 Å². The van der Waals surface area contributed by atoms with Crippen LogP contribution >= 0.6 is 0 Å². The molecule has 0 aliphatic carbocycles. The average molecular weight is 219 g/mol. The smallest absolute Gasteiger partial charge is 0.0133 e. The zero-order valence-electron chi connectivity index (χ0n) is 10.6. The van der Waals surface area contributed by atoms with Gasteiger partial charge in [-0.3, -0.25) is 4.90 Å². The highest BCUT2D eigenvalue weighted by Crippen LogP contribution is 2.37. The lowest BCUT2D eigenvalue weighted by atomic mass is 9.83. The van der Waals surface area contributed by atoms with Gasteiger partial charge in [0.2, 0.25) is 0 Å². The van der Waals surface area contributed by atoms with Crippen LogP contribution in [0.1, 0.15) is 45.4 Å². The molecule has 0 aromatic heterocycles. The molecule has 2 aliphatic heterocycles. The molecule has 0 N–H and O–H groups in total. The number of nitrogens with zero attached hydrogens (tertiary/aromatic N) is 1. The van der Waals surface area contributed by atoms with E-state index in [1.165, 1.54) is 45.1 Å². The molecule has 1 heteroatoms. The van der Waals surface area contributed by atoms with Gasteiger partial charge < -0.3 is 0 Å². The van der Waals surface area contributed by atoms with E-state index in [1.54, 1.807) is 0 Å². The zero-order chi connectivity index (χ0) is 11.4. The Morgan fingerprint density at radius 2 is 2.19 bits per heavy atom. The molecule has 0 aromatic carbocycles. The fourth-order valence-corrected chi connectivity index (χ4v) is 3.60. The molecule has 2 heterocycles. The first-order chi connectivity index (χ1) is 7.86. The number of allylic oxidation sites excluding steroid dienone is 2. The van der Waals surface area contributed by atoms with E-state index in [4.69, 9.17) is 0 Å². The minimum absolute atomic E-state index is 0.812. The monoisotopic (exact) mass is 219 g/mol. The normalized spacial score (nSPS) is 35.4. The second-order valence-corrected chi connectivity index (χ2v) is 5.25. The van der Waals surface area contributed by atoms with E-state index >= 15 is 0 Å². The van der Waals surface area contributed by atoms with Crippen molar-refractivity contribution in [2.24, 2.45) is 5.92 Å². The molecule has 2 saturated heterocycles. The molecule has 0 radical (unpaired) electrons. The van der Waals surface area contributed by atoms with Gasteiger partial charge in [-0.15, -0.1) is 0 Å². The second-order valence-electron chi connectivity index (χ2n) is 5.25. The van der Waals surface area contributed by atoms with E-state index in [-0.39, 0.29) is 0 Å². The minimum atomic E-state index is 0.812. The third-order valence-corrected chi connectivity index (χ3v) is 4.43. The van der Waals surface area contributed by atoms with Gasteiger partial charge in [0.15, 0.2) is 0 Å². The topological polar surface area (TPSA) is 3.24 Å². The SMILES string of the molecule is C=C/C=C\CC1CCC(CC)C2CCCN12. The van der Waals surface area contributed by atoms with Crippen molar-refractivity contribution in [1.82, 2.24) is 4.90 Å². The van der Waals surface area contributed by atoms with E-state index < -0.39 is 0 Å². The molecular weight excluding hydrogens is 194 g/mol. The van der Waals surface area contributed by atoms with Crippen LogP contribution in [-0.4, -0.2) is 23.5 Å². The van der Waals surface area contributed by atoms with Crippen molar-refractivity contribution >= 4 is 0 Å². The molecule has 1 nitrogen and oxygen atoms in total. The van der Waals surface area contributed by atoms with Gasteiger partial charge >= 0.3 is 0 Å². The van der Waals surface area contributed by atoms with Crippen molar-refractivity contribution in [3.8, 4) is 0 Å². The Hall–Kier alpha value is -0.560. The van der Waals surface area contributed by atoms with Gasteiger partial charge in [0, 0.05) is 12.1 Å². The molecule has 2 rings (SSSR count). The summed E-state index contributed by atoms with van der Waals surface area (Å²) in [4.78, 5) is 2.80. The third kappa shape index (κ3) is 2.40. The van der Waals surface area contributed by atoms with Crippen LogP contribution in [0.4, 0.5) is 0 Å². The van der Waals surface area contributed by atoms with Crippen molar-refractivity contribution in [3.05, 3.63) is 24.8 Å². The highest BCUT2D eigenvalue weighted by atomic mass is 15.2. The fourth-order valence-electron chi connectivity index (χ4n) is 3.60. The summed E-state index contributed by atoms with van der Waals surface area (Å²) < 4.78 is 0. The Kier molecular flexibility index (Phi) is 4.22. The summed E-state index contributed by atoms with van der Waals surface area (Å²) in [6, 6.07) is 1.72. The average Bonchev–Trinajstić information content (AvgIpc) is 2.79. The molecule has 0 amide bonds. The van der Waals surface area contributed by atoms with Crippen LogP contribution in [0.2, 0.25) is 0 Å². The van der Waals surface area contributed by atoms with Crippen LogP contribution in [0.25, 0.3) is 0 Å². The van der Waals surface area contributed by atoms with Crippen LogP contribution in [-0.2, 0) is 0 Å². The Bertz CT molecular complexity index is 256. The quantitative estimate of drug-likeness (QED) is 0.651. The van der Waals surface area contributed by atoms with Crippen molar-refractivity contribution in [1.29, 1.82) is 0 Å². The lowest BCUT2D eigenvalue weighted by molar-refractivity contribution is 0.0735. The van der Waals surface area contributed by atoms with Crippen molar-refractivity contribution in [3.63, 3.8) is 0 Å². The van der Waals surface area contributed by atoms with Crippen LogP contribution < -0.4 is 0 Å². The van der Waals surface area contributed by atoms with Gasteiger partial charge in [0.05, 0.1) is 0 Å². The summed E-state index contributed by atoms with van der Waals surface area (Å²) in [7, 11) is 0. The van der Waals surface area contributed by atoms with Crippen LogP contribution in [0, 0.1) is 5.92 Å². The first-order valence-corrected chi connectivity index (χ1v) is 6.90. The Morgan fingerprint density at radius 1 is 1.31 bits per heavy atom. The van der Waals surface area contributed by atoms with Crippen molar-refractivity contribution in [2.75, 3.05) is 6.54 Å². The van der Waals surface area contributed by atoms with Crippen molar-refractivity contribution < 1.29 is 0 Å². The lowest BCUT2D eigenvalue weighted by Gasteiger charge is -2.42. The summed E-state index contributed by atoms with van der Waals surface area (Å²) in [6.07, 6.45) is 14.6. The first kappa shape index (κ1) is 11.9. The predicted molar refractivity (Wildman–Crippen MR) is 70.5 cm³/mol. The van der Waals surface area contributed by atoms with Gasteiger partial charge in [0.25, 0.3) is 0 Å². The predicted octanol–water partition coefficient (Wildman–Crippen LogP) is 3.77. The highest BCUT2D eigenvalue weighted by Gasteiger charge is 2.38. The Morgan fingerprint density at radius 3 is 2.94 bits per heavy atom. The third-order valence-electron chi connectivity index (χ3n) is 4.43. The maximum atomic E-state index is 3.73. The summed E-state index contributed by atoms with van der Waals surface area (Å²) >= 11 is 0. The van der Waals surface area contributed by atoms with E-state index in [0.29, 0.717) is 0 Å². The Labute approximate surface area is 100 Å². The lowest BCUT2D eigenvalue weighted by Crippen LogP contribution is -2.46. The van der Waals surface area contributed by atoms with E-state index in [2.05, 4.69) is 30.6 Å². The minimum Gasteiger partial charge on any atom is -0.297 e. The highest BCUT2D eigenvalue weighted by molar-refractivity contribution is 5.01. The van der Waals surface area contributed by atoms with Gasteiger partial charge in [-0.1, -0.05) is 38.2 Å². The summed E-state index contributed by atoms with van der Waals surface area (Å²) in [5.41, 5.74) is 0. The molecule has 3 atom stereocenters. The standard InChI is InChI=1S/C15H25N/c1-3-5-6-8-14-11-10-13(4-2)15-9-7-12-16(14)15/h3,5-6,13-15H,1,4,7-12H2,2H3/b6-5-. The van der Waals surface area contributed by atoms with Crippen LogP contribution in [0.5, 0.6) is 0 Å². The molecule has 0 aromatic rings. The number of hydrogen-bond donors (Lipinski definition) is 0. The van der Waals surface area contributed by atoms with Gasteiger partial charge in [0.1, 0.15) is 0 Å². The number of hydrogen-bond acceptors (Lipinski definition) is 1. The van der Waals surface area contributed by atoms with Gasteiger partial charge in [-0.25, -0.2) is 0 Å². The maximum absolute atomic E-state index is 3.73. The molecule has 2 fully saturated rings. The summed E-state index contributed by atoms with van der Waals surface area (Å²) in [5.74, 6) is 0.974. The summed E-state index contributed by atoms with van der Waals surface area (Å²) in [6.45, 7) is 7.44. The number of piperidine rings is 1. The Balaban J connectivity index is 1.95. The van der Waals surface area contributed by atoms with Crippen LogP contribution in [0.15, 0.2) is 24.8 Å². The van der Waals surface area contributed by atoms with E-state index in [1.807, 2.05) is 6.08 Å².